The fourth-order valence-corrected chi connectivity index (χ4v) is 2.84. The van der Waals surface area contributed by atoms with Crippen molar-refractivity contribution in [3.63, 3.8) is 0 Å². The third-order valence-corrected chi connectivity index (χ3v) is 4.20. The van der Waals surface area contributed by atoms with Crippen molar-refractivity contribution in [1.82, 2.24) is 5.32 Å². The first kappa shape index (κ1) is 13.9. The summed E-state index contributed by atoms with van der Waals surface area (Å²) < 4.78 is 12.3. The SMILES string of the molecule is FCNC1CCC(Cl)C(Nc2ccccc2Cl)C1. The lowest BCUT2D eigenvalue weighted by Crippen LogP contribution is -2.44. The molecule has 3 atom stereocenters. The molecule has 5 heteroatoms. The van der Waals surface area contributed by atoms with Crippen molar-refractivity contribution in [1.29, 1.82) is 0 Å². The molecule has 2 rings (SSSR count). The predicted octanol–water partition coefficient (Wildman–Crippen LogP) is 3.80. The smallest absolute Gasteiger partial charge is 0.140 e. The number of benzene rings is 1. The van der Waals surface area contributed by atoms with Crippen LogP contribution in [0.25, 0.3) is 0 Å². The van der Waals surface area contributed by atoms with Gasteiger partial charge in [-0.3, -0.25) is 5.32 Å². The van der Waals surface area contributed by atoms with Crippen LogP contribution < -0.4 is 10.6 Å². The first-order valence-corrected chi connectivity index (χ1v) is 6.96. The molecule has 0 spiro atoms. The second-order valence-corrected chi connectivity index (χ2v) is 5.56. The Balaban J connectivity index is 2.00. The van der Waals surface area contributed by atoms with E-state index in [4.69, 9.17) is 23.2 Å². The Bertz CT molecular complexity index is 389. The molecule has 2 nitrogen and oxygen atoms in total. The van der Waals surface area contributed by atoms with Gasteiger partial charge in [-0.2, -0.15) is 0 Å². The maximum Gasteiger partial charge on any atom is 0.140 e. The van der Waals surface area contributed by atoms with Crippen LogP contribution in [0.1, 0.15) is 19.3 Å². The summed E-state index contributed by atoms with van der Waals surface area (Å²) >= 11 is 12.4. The molecule has 3 unspecified atom stereocenters. The summed E-state index contributed by atoms with van der Waals surface area (Å²) in [6.45, 7) is -0.490. The van der Waals surface area contributed by atoms with Gasteiger partial charge in [0, 0.05) is 12.1 Å². The van der Waals surface area contributed by atoms with E-state index in [0.29, 0.717) is 5.02 Å². The van der Waals surface area contributed by atoms with Crippen LogP contribution >= 0.6 is 23.2 Å². The maximum absolute atomic E-state index is 12.3. The van der Waals surface area contributed by atoms with Gasteiger partial charge in [0.15, 0.2) is 0 Å². The lowest BCUT2D eigenvalue weighted by Gasteiger charge is -2.34. The third kappa shape index (κ3) is 3.50. The largest absolute Gasteiger partial charge is 0.380 e. The Morgan fingerprint density at radius 1 is 1.28 bits per heavy atom. The predicted molar refractivity (Wildman–Crippen MR) is 75.3 cm³/mol. The Hall–Kier alpha value is -0.510. The minimum absolute atomic E-state index is 0.0546. The summed E-state index contributed by atoms with van der Waals surface area (Å²) in [6.07, 6.45) is 2.60. The van der Waals surface area contributed by atoms with Crippen LogP contribution in [-0.2, 0) is 0 Å². The van der Waals surface area contributed by atoms with Gasteiger partial charge < -0.3 is 5.32 Å². The van der Waals surface area contributed by atoms with E-state index < -0.39 is 6.80 Å². The van der Waals surface area contributed by atoms with E-state index in [0.717, 1.165) is 24.9 Å². The molecule has 1 aromatic carbocycles. The lowest BCUT2D eigenvalue weighted by molar-refractivity contribution is 0.306. The minimum Gasteiger partial charge on any atom is -0.380 e. The van der Waals surface area contributed by atoms with E-state index in [1.807, 2.05) is 24.3 Å². The molecule has 0 saturated heterocycles. The van der Waals surface area contributed by atoms with Gasteiger partial charge in [0.1, 0.15) is 6.80 Å². The molecule has 0 heterocycles. The number of hydrogen-bond donors (Lipinski definition) is 2. The van der Waals surface area contributed by atoms with Crippen LogP contribution in [0.5, 0.6) is 0 Å². The van der Waals surface area contributed by atoms with Crippen LogP contribution in [0.4, 0.5) is 10.1 Å². The molecule has 18 heavy (non-hydrogen) atoms. The van der Waals surface area contributed by atoms with Gasteiger partial charge in [-0.05, 0) is 31.4 Å². The fourth-order valence-electron chi connectivity index (χ4n) is 2.36. The normalized spacial score (nSPS) is 28.1. The molecule has 0 amide bonds. The van der Waals surface area contributed by atoms with Crippen LogP contribution in [0.2, 0.25) is 5.02 Å². The molecular formula is C13H17Cl2FN2. The second kappa shape index (κ2) is 6.60. The summed E-state index contributed by atoms with van der Waals surface area (Å²) in [5, 5.41) is 6.93. The number of rotatable bonds is 4. The molecule has 1 aliphatic carbocycles. The van der Waals surface area contributed by atoms with Crippen LogP contribution in [0, 0.1) is 0 Å². The van der Waals surface area contributed by atoms with Gasteiger partial charge >= 0.3 is 0 Å². The average Bonchev–Trinajstić information content (AvgIpc) is 2.36. The molecule has 1 aromatic rings. The Labute approximate surface area is 117 Å². The molecular weight excluding hydrogens is 274 g/mol. The minimum atomic E-state index is -0.490. The summed E-state index contributed by atoms with van der Waals surface area (Å²) in [4.78, 5) is 0. The molecule has 0 aliphatic heterocycles. The van der Waals surface area contributed by atoms with E-state index in [-0.39, 0.29) is 17.5 Å². The van der Waals surface area contributed by atoms with E-state index in [9.17, 15) is 4.39 Å². The van der Waals surface area contributed by atoms with Crippen molar-refractivity contribution in [3.05, 3.63) is 29.3 Å². The molecule has 100 valence electrons. The number of nitrogens with one attached hydrogen (secondary N) is 2. The first-order valence-electron chi connectivity index (χ1n) is 6.15. The summed E-state index contributed by atoms with van der Waals surface area (Å²) in [5.41, 5.74) is 0.885. The van der Waals surface area contributed by atoms with Crippen molar-refractivity contribution < 1.29 is 4.39 Å². The number of para-hydroxylation sites is 1. The Morgan fingerprint density at radius 2 is 2.06 bits per heavy atom. The first-order chi connectivity index (χ1) is 8.70. The second-order valence-electron chi connectivity index (χ2n) is 4.59. The highest BCUT2D eigenvalue weighted by Crippen LogP contribution is 2.29. The van der Waals surface area contributed by atoms with Crippen LogP contribution in [0.3, 0.4) is 0 Å². The van der Waals surface area contributed by atoms with Crippen molar-refractivity contribution in [2.24, 2.45) is 0 Å². The van der Waals surface area contributed by atoms with Gasteiger partial charge in [0.2, 0.25) is 0 Å². The van der Waals surface area contributed by atoms with Gasteiger partial charge in [-0.15, -0.1) is 11.6 Å². The van der Waals surface area contributed by atoms with Gasteiger partial charge in [0.05, 0.1) is 16.1 Å². The molecule has 1 aliphatic rings. The highest BCUT2D eigenvalue weighted by atomic mass is 35.5. The number of alkyl halides is 2. The molecule has 1 saturated carbocycles. The van der Waals surface area contributed by atoms with Crippen LogP contribution in [0.15, 0.2) is 24.3 Å². The van der Waals surface area contributed by atoms with Gasteiger partial charge in [0.25, 0.3) is 0 Å². The van der Waals surface area contributed by atoms with Crippen molar-refractivity contribution in [2.75, 3.05) is 12.1 Å². The zero-order valence-electron chi connectivity index (χ0n) is 10.0. The average molecular weight is 291 g/mol. The molecule has 1 fully saturated rings. The van der Waals surface area contributed by atoms with Gasteiger partial charge in [-0.1, -0.05) is 23.7 Å². The van der Waals surface area contributed by atoms with E-state index >= 15 is 0 Å². The van der Waals surface area contributed by atoms with Gasteiger partial charge in [-0.25, -0.2) is 4.39 Å². The summed E-state index contributed by atoms with van der Waals surface area (Å²) in [7, 11) is 0. The number of anilines is 1. The quantitative estimate of drug-likeness (QED) is 0.651. The lowest BCUT2D eigenvalue weighted by atomic mass is 9.90. The van der Waals surface area contributed by atoms with E-state index in [1.54, 1.807) is 0 Å². The molecule has 0 radical (unpaired) electrons. The molecule has 0 bridgehead atoms. The Morgan fingerprint density at radius 3 is 2.78 bits per heavy atom. The fraction of sp³-hybridized carbons (Fsp3) is 0.538. The third-order valence-electron chi connectivity index (χ3n) is 3.35. The molecule has 0 aromatic heterocycles. The number of halogens is 3. The standard InChI is InChI=1S/C13H17Cl2FN2/c14-10-3-1-2-4-12(10)18-13-7-9(17-8-16)5-6-11(13)15/h1-4,9,11,13,17-18H,5-8H2. The van der Waals surface area contributed by atoms with Crippen molar-refractivity contribution >= 4 is 28.9 Å². The van der Waals surface area contributed by atoms with Crippen molar-refractivity contribution in [2.45, 2.75) is 36.7 Å². The van der Waals surface area contributed by atoms with Crippen LogP contribution in [-0.4, -0.2) is 24.3 Å². The molecule has 2 N–H and O–H groups in total. The number of hydrogen-bond acceptors (Lipinski definition) is 2. The maximum atomic E-state index is 12.3. The Kier molecular flexibility index (Phi) is 5.10. The van der Waals surface area contributed by atoms with E-state index in [2.05, 4.69) is 10.6 Å². The summed E-state index contributed by atoms with van der Waals surface area (Å²) in [5.74, 6) is 0. The topological polar surface area (TPSA) is 24.1 Å². The monoisotopic (exact) mass is 290 g/mol. The zero-order valence-corrected chi connectivity index (χ0v) is 11.5. The van der Waals surface area contributed by atoms with E-state index in [1.165, 1.54) is 0 Å². The summed E-state index contributed by atoms with van der Waals surface area (Å²) in [6, 6.07) is 7.89. The highest BCUT2D eigenvalue weighted by Gasteiger charge is 2.29. The highest BCUT2D eigenvalue weighted by molar-refractivity contribution is 6.33. The zero-order chi connectivity index (χ0) is 13.0. The van der Waals surface area contributed by atoms with Crippen molar-refractivity contribution in [3.8, 4) is 0 Å².